The van der Waals surface area contributed by atoms with Crippen molar-refractivity contribution in [3.63, 3.8) is 0 Å². The van der Waals surface area contributed by atoms with Crippen molar-refractivity contribution in [1.29, 1.82) is 5.26 Å². The molecule has 1 heterocycles. The molecule has 0 aliphatic heterocycles. The first-order valence-electron chi connectivity index (χ1n) is 9.01. The highest BCUT2D eigenvalue weighted by molar-refractivity contribution is 5.98. The minimum atomic E-state index is -0.519. The summed E-state index contributed by atoms with van der Waals surface area (Å²) < 4.78 is 12.6. The highest BCUT2D eigenvalue weighted by Gasteiger charge is 2.18. The third-order valence-corrected chi connectivity index (χ3v) is 4.95. The van der Waals surface area contributed by atoms with Gasteiger partial charge < -0.3 is 14.0 Å². The van der Waals surface area contributed by atoms with Crippen molar-refractivity contribution in [2.24, 2.45) is 5.92 Å². The molecule has 0 N–H and O–H groups in total. The Morgan fingerprint density at radius 3 is 2.72 bits per heavy atom. The molecule has 25 heavy (non-hydrogen) atoms. The molecule has 2 rings (SSSR count). The van der Waals surface area contributed by atoms with E-state index in [1.165, 1.54) is 19.3 Å². The van der Waals surface area contributed by atoms with E-state index in [1.807, 2.05) is 26.0 Å². The van der Waals surface area contributed by atoms with Crippen molar-refractivity contribution in [3.8, 4) is 6.07 Å². The molecule has 0 unspecified atom stereocenters. The summed E-state index contributed by atoms with van der Waals surface area (Å²) >= 11 is 0. The number of ether oxygens (including phenoxy) is 2. The van der Waals surface area contributed by atoms with Crippen molar-refractivity contribution in [3.05, 3.63) is 28.6 Å². The molecule has 0 aromatic carbocycles. The van der Waals surface area contributed by atoms with Gasteiger partial charge in [0.05, 0.1) is 13.2 Å². The number of rotatable bonds is 7. The molecule has 0 bridgehead atoms. The molecule has 1 saturated carbocycles. The van der Waals surface area contributed by atoms with Gasteiger partial charge in [0, 0.05) is 25.0 Å². The maximum Gasteiger partial charge on any atom is 0.348 e. The smallest absolute Gasteiger partial charge is 0.348 e. The lowest BCUT2D eigenvalue weighted by Gasteiger charge is -2.20. The highest BCUT2D eigenvalue weighted by Crippen LogP contribution is 2.24. The van der Waals surface area contributed by atoms with Crippen LogP contribution in [0.5, 0.6) is 0 Å². The Bertz CT molecular complexity index is 661. The number of aryl methyl sites for hydroxylation is 1. The number of nitriles is 1. The van der Waals surface area contributed by atoms with Crippen LogP contribution >= 0.6 is 0 Å². The molecule has 0 atom stereocenters. The van der Waals surface area contributed by atoms with Gasteiger partial charge in [0.25, 0.3) is 0 Å². The predicted octanol–water partition coefficient (Wildman–Crippen LogP) is 3.78. The standard InChI is InChI=1S/C20H28N2O3/c1-15-11-18(16(2)22(15)9-10-24-3)12-19(13-21)20(23)25-14-17-7-5-4-6-8-17/h11-12,17H,4-10,14H2,1-3H3. The first-order valence-corrected chi connectivity index (χ1v) is 9.01. The summed E-state index contributed by atoms with van der Waals surface area (Å²) in [6.07, 6.45) is 7.54. The normalized spacial score (nSPS) is 15.8. The predicted molar refractivity (Wildman–Crippen MR) is 96.9 cm³/mol. The zero-order valence-electron chi connectivity index (χ0n) is 15.5. The Kier molecular flexibility index (Phi) is 7.27. The van der Waals surface area contributed by atoms with Crippen LogP contribution in [-0.2, 0) is 20.8 Å². The Hall–Kier alpha value is -2.06. The Morgan fingerprint density at radius 1 is 1.36 bits per heavy atom. The fraction of sp³-hybridized carbons (Fsp3) is 0.600. The average Bonchev–Trinajstić information content (AvgIpc) is 2.89. The van der Waals surface area contributed by atoms with Gasteiger partial charge in [0.2, 0.25) is 0 Å². The summed E-state index contributed by atoms with van der Waals surface area (Å²) in [5.41, 5.74) is 3.03. The summed E-state index contributed by atoms with van der Waals surface area (Å²) in [6.45, 7) is 5.78. The van der Waals surface area contributed by atoms with Crippen LogP contribution in [0.2, 0.25) is 0 Å². The first-order chi connectivity index (χ1) is 12.1. The van der Waals surface area contributed by atoms with Crippen molar-refractivity contribution in [1.82, 2.24) is 4.57 Å². The minimum Gasteiger partial charge on any atom is -0.461 e. The molecule has 1 aromatic rings. The van der Waals surface area contributed by atoms with Gasteiger partial charge in [-0.3, -0.25) is 0 Å². The largest absolute Gasteiger partial charge is 0.461 e. The topological polar surface area (TPSA) is 64.2 Å². The Labute approximate surface area is 150 Å². The van der Waals surface area contributed by atoms with Gasteiger partial charge in [-0.1, -0.05) is 19.3 Å². The zero-order valence-corrected chi connectivity index (χ0v) is 15.5. The molecular formula is C20H28N2O3. The van der Waals surface area contributed by atoms with E-state index in [2.05, 4.69) is 4.57 Å². The molecule has 0 spiro atoms. The second-order valence-corrected chi connectivity index (χ2v) is 6.74. The molecule has 0 saturated heterocycles. The van der Waals surface area contributed by atoms with Crippen molar-refractivity contribution in [2.45, 2.75) is 52.5 Å². The second kappa shape index (κ2) is 9.43. The van der Waals surface area contributed by atoms with Gasteiger partial charge in [0.1, 0.15) is 11.6 Å². The second-order valence-electron chi connectivity index (χ2n) is 6.74. The Balaban J connectivity index is 2.06. The summed E-state index contributed by atoms with van der Waals surface area (Å²) in [4.78, 5) is 12.3. The molecule has 1 fully saturated rings. The number of esters is 1. The molecule has 1 aliphatic carbocycles. The van der Waals surface area contributed by atoms with Gasteiger partial charge in [-0.25, -0.2) is 4.79 Å². The van der Waals surface area contributed by atoms with Gasteiger partial charge in [-0.15, -0.1) is 0 Å². The van der Waals surface area contributed by atoms with E-state index in [9.17, 15) is 10.1 Å². The van der Waals surface area contributed by atoms with Crippen molar-refractivity contribution in [2.75, 3.05) is 20.3 Å². The molecule has 136 valence electrons. The van der Waals surface area contributed by atoms with E-state index in [-0.39, 0.29) is 5.57 Å². The SMILES string of the molecule is COCCn1c(C)cc(C=C(C#N)C(=O)OCC2CCCCC2)c1C. The summed E-state index contributed by atoms with van der Waals surface area (Å²) in [6, 6.07) is 3.97. The maximum atomic E-state index is 12.3. The van der Waals surface area contributed by atoms with E-state index >= 15 is 0 Å². The maximum absolute atomic E-state index is 12.3. The molecule has 1 aliphatic rings. The van der Waals surface area contributed by atoms with Crippen LogP contribution in [-0.4, -0.2) is 30.9 Å². The zero-order chi connectivity index (χ0) is 18.2. The number of nitrogens with zero attached hydrogens (tertiary/aromatic N) is 2. The van der Waals surface area contributed by atoms with Crippen LogP contribution < -0.4 is 0 Å². The van der Waals surface area contributed by atoms with E-state index in [0.29, 0.717) is 19.1 Å². The number of hydrogen-bond acceptors (Lipinski definition) is 4. The molecule has 5 heteroatoms. The lowest BCUT2D eigenvalue weighted by Crippen LogP contribution is -2.17. The van der Waals surface area contributed by atoms with Crippen molar-refractivity contribution < 1.29 is 14.3 Å². The summed E-state index contributed by atoms with van der Waals surface area (Å²) in [5, 5.41) is 9.36. The highest BCUT2D eigenvalue weighted by atomic mass is 16.5. The fourth-order valence-electron chi connectivity index (χ4n) is 3.42. The number of carbonyl (C=O) groups is 1. The van der Waals surface area contributed by atoms with E-state index < -0.39 is 5.97 Å². The van der Waals surface area contributed by atoms with Crippen LogP contribution in [0.4, 0.5) is 0 Å². The molecule has 0 amide bonds. The number of carbonyl (C=O) groups excluding carboxylic acids is 1. The third kappa shape index (κ3) is 5.20. The van der Waals surface area contributed by atoms with E-state index in [0.717, 1.165) is 36.3 Å². The van der Waals surface area contributed by atoms with E-state index in [4.69, 9.17) is 9.47 Å². The third-order valence-electron chi connectivity index (χ3n) is 4.95. The number of aromatic nitrogens is 1. The van der Waals surface area contributed by atoms with Crippen LogP contribution in [0.3, 0.4) is 0 Å². The van der Waals surface area contributed by atoms with Gasteiger partial charge >= 0.3 is 5.97 Å². The number of hydrogen-bond donors (Lipinski definition) is 0. The average molecular weight is 344 g/mol. The summed E-state index contributed by atoms with van der Waals surface area (Å²) in [7, 11) is 1.67. The quantitative estimate of drug-likeness (QED) is 0.429. The van der Waals surface area contributed by atoms with Crippen LogP contribution in [0, 0.1) is 31.1 Å². The lowest BCUT2D eigenvalue weighted by molar-refractivity contribution is -0.140. The van der Waals surface area contributed by atoms with Gasteiger partial charge in [0.15, 0.2) is 0 Å². The molecular weight excluding hydrogens is 316 g/mol. The van der Waals surface area contributed by atoms with E-state index in [1.54, 1.807) is 13.2 Å². The molecule has 1 aromatic heterocycles. The Morgan fingerprint density at radius 2 is 2.08 bits per heavy atom. The molecule has 5 nitrogen and oxygen atoms in total. The number of methoxy groups -OCH3 is 1. The van der Waals surface area contributed by atoms with Gasteiger partial charge in [-0.2, -0.15) is 5.26 Å². The van der Waals surface area contributed by atoms with Crippen LogP contribution in [0.25, 0.3) is 6.08 Å². The monoisotopic (exact) mass is 344 g/mol. The van der Waals surface area contributed by atoms with Gasteiger partial charge in [-0.05, 0) is 50.3 Å². The fourth-order valence-corrected chi connectivity index (χ4v) is 3.42. The van der Waals surface area contributed by atoms with Crippen molar-refractivity contribution >= 4 is 12.0 Å². The lowest BCUT2D eigenvalue weighted by atomic mass is 9.90. The van der Waals surface area contributed by atoms with Crippen LogP contribution in [0.1, 0.15) is 49.1 Å². The molecule has 0 radical (unpaired) electrons. The first kappa shape index (κ1) is 19.3. The minimum absolute atomic E-state index is 0.0581. The summed E-state index contributed by atoms with van der Waals surface area (Å²) in [5.74, 6) is -0.0773. The van der Waals surface area contributed by atoms with Crippen LogP contribution in [0.15, 0.2) is 11.6 Å².